The maximum atomic E-state index is 12.8. The molecule has 0 unspecified atom stereocenters. The van der Waals surface area contributed by atoms with Crippen LogP contribution < -0.4 is 9.47 Å². The van der Waals surface area contributed by atoms with Gasteiger partial charge in [0.1, 0.15) is 0 Å². The first-order valence-corrected chi connectivity index (χ1v) is 8.99. The van der Waals surface area contributed by atoms with E-state index in [0.29, 0.717) is 61.5 Å². The molecule has 138 valence electrons. The van der Waals surface area contributed by atoms with Crippen molar-refractivity contribution in [2.24, 2.45) is 0 Å². The fraction of sp³-hybridized carbons (Fsp3) is 0.556. The van der Waals surface area contributed by atoms with Gasteiger partial charge in [0.05, 0.1) is 18.2 Å². The molecular weight excluding hydrogens is 344 g/mol. The highest BCUT2D eigenvalue weighted by Gasteiger charge is 2.25. The van der Waals surface area contributed by atoms with Crippen molar-refractivity contribution >= 4 is 23.4 Å². The Morgan fingerprint density at radius 1 is 1.08 bits per heavy atom. The van der Waals surface area contributed by atoms with Crippen LogP contribution in [0.2, 0.25) is 5.02 Å². The van der Waals surface area contributed by atoms with Gasteiger partial charge < -0.3 is 19.3 Å². The molecule has 1 aliphatic heterocycles. The smallest absolute Gasteiger partial charge is 0.254 e. The first-order chi connectivity index (χ1) is 12.0. The number of carbonyl (C=O) groups is 2. The van der Waals surface area contributed by atoms with Crippen molar-refractivity contribution < 1.29 is 19.1 Å². The highest BCUT2D eigenvalue weighted by Crippen LogP contribution is 2.37. The molecule has 25 heavy (non-hydrogen) atoms. The average molecular weight is 369 g/mol. The van der Waals surface area contributed by atoms with E-state index in [1.807, 2.05) is 13.8 Å². The summed E-state index contributed by atoms with van der Waals surface area (Å²) in [7, 11) is 0. The molecule has 1 fully saturated rings. The van der Waals surface area contributed by atoms with Gasteiger partial charge in [-0.3, -0.25) is 9.59 Å². The van der Waals surface area contributed by atoms with E-state index in [1.54, 1.807) is 28.9 Å². The topological polar surface area (TPSA) is 59.1 Å². The van der Waals surface area contributed by atoms with E-state index in [9.17, 15) is 9.59 Å². The van der Waals surface area contributed by atoms with Crippen molar-refractivity contribution in [1.82, 2.24) is 9.80 Å². The molecule has 1 aliphatic rings. The van der Waals surface area contributed by atoms with E-state index in [1.165, 1.54) is 0 Å². The number of nitrogens with zero attached hydrogens (tertiary/aromatic N) is 2. The van der Waals surface area contributed by atoms with Crippen molar-refractivity contribution in [2.75, 3.05) is 39.4 Å². The van der Waals surface area contributed by atoms with Crippen LogP contribution in [0.15, 0.2) is 12.1 Å². The van der Waals surface area contributed by atoms with Crippen LogP contribution in [-0.4, -0.2) is 61.0 Å². The molecule has 6 nitrogen and oxygen atoms in total. The Balaban J connectivity index is 2.18. The summed E-state index contributed by atoms with van der Waals surface area (Å²) in [6.45, 7) is 8.51. The maximum Gasteiger partial charge on any atom is 0.254 e. The van der Waals surface area contributed by atoms with Crippen molar-refractivity contribution in [1.29, 1.82) is 0 Å². The molecule has 0 bridgehead atoms. The zero-order chi connectivity index (χ0) is 18.4. The Hall–Kier alpha value is -1.95. The second kappa shape index (κ2) is 8.94. The van der Waals surface area contributed by atoms with Crippen LogP contribution in [0.1, 0.15) is 37.6 Å². The summed E-state index contributed by atoms with van der Waals surface area (Å²) in [5, 5.41) is 0.366. The number of amides is 2. The lowest BCUT2D eigenvalue weighted by Crippen LogP contribution is -2.50. The predicted octanol–water partition coefficient (Wildman–Crippen LogP) is 2.83. The van der Waals surface area contributed by atoms with Crippen LogP contribution in [-0.2, 0) is 4.79 Å². The number of ether oxygens (including phenoxy) is 2. The highest BCUT2D eigenvalue weighted by atomic mass is 35.5. The van der Waals surface area contributed by atoms with E-state index in [-0.39, 0.29) is 11.8 Å². The zero-order valence-corrected chi connectivity index (χ0v) is 15.8. The molecule has 7 heteroatoms. The van der Waals surface area contributed by atoms with Crippen LogP contribution in [0, 0.1) is 0 Å². The van der Waals surface area contributed by atoms with Gasteiger partial charge in [0.2, 0.25) is 5.91 Å². The number of hydrogen-bond acceptors (Lipinski definition) is 4. The van der Waals surface area contributed by atoms with Crippen LogP contribution in [0.5, 0.6) is 11.5 Å². The van der Waals surface area contributed by atoms with Gasteiger partial charge in [-0.15, -0.1) is 0 Å². The van der Waals surface area contributed by atoms with Crippen LogP contribution >= 0.6 is 11.6 Å². The van der Waals surface area contributed by atoms with Gasteiger partial charge in [0.15, 0.2) is 11.5 Å². The summed E-state index contributed by atoms with van der Waals surface area (Å²) >= 11 is 6.33. The molecule has 0 atom stereocenters. The molecular formula is C18H25ClN2O4. The lowest BCUT2D eigenvalue weighted by atomic mass is 10.1. The third-order valence-electron chi connectivity index (χ3n) is 4.02. The molecule has 2 amide bonds. The van der Waals surface area contributed by atoms with Gasteiger partial charge >= 0.3 is 0 Å². The summed E-state index contributed by atoms with van der Waals surface area (Å²) in [6.07, 6.45) is 0.850. The van der Waals surface area contributed by atoms with Gasteiger partial charge in [-0.05, 0) is 25.5 Å². The van der Waals surface area contributed by atoms with Crippen molar-refractivity contribution in [3.05, 3.63) is 22.7 Å². The Bertz CT molecular complexity index is 628. The molecule has 1 saturated heterocycles. The molecule has 0 radical (unpaired) electrons. The Morgan fingerprint density at radius 3 is 2.28 bits per heavy atom. The normalized spacial score (nSPS) is 14.4. The molecule has 0 N–H and O–H groups in total. The molecule has 0 aliphatic carbocycles. The minimum atomic E-state index is -0.118. The van der Waals surface area contributed by atoms with Crippen LogP contribution in [0.4, 0.5) is 0 Å². The quantitative estimate of drug-likeness (QED) is 0.774. The number of hydrogen-bond donors (Lipinski definition) is 0. The SMILES string of the molecule is CCCOc1c(Cl)cc(C(=O)N2CCN(C(C)=O)CC2)cc1OCC. The van der Waals surface area contributed by atoms with E-state index in [2.05, 4.69) is 0 Å². The van der Waals surface area contributed by atoms with Gasteiger partial charge in [-0.1, -0.05) is 18.5 Å². The second-order valence-corrected chi connectivity index (χ2v) is 6.27. The first kappa shape index (κ1) is 19.4. The number of carbonyl (C=O) groups excluding carboxylic acids is 2. The second-order valence-electron chi connectivity index (χ2n) is 5.87. The third-order valence-corrected chi connectivity index (χ3v) is 4.30. The summed E-state index contributed by atoms with van der Waals surface area (Å²) in [4.78, 5) is 27.7. The summed E-state index contributed by atoms with van der Waals surface area (Å²) < 4.78 is 11.3. The first-order valence-electron chi connectivity index (χ1n) is 8.61. The summed E-state index contributed by atoms with van der Waals surface area (Å²) in [5.74, 6) is 0.872. The van der Waals surface area contributed by atoms with Crippen LogP contribution in [0.3, 0.4) is 0 Å². The van der Waals surface area contributed by atoms with Crippen molar-refractivity contribution in [3.63, 3.8) is 0 Å². The molecule has 0 aromatic heterocycles. The predicted molar refractivity (Wildman–Crippen MR) is 96.6 cm³/mol. The Labute approximate surface area is 153 Å². The number of halogens is 1. The van der Waals surface area contributed by atoms with Crippen molar-refractivity contribution in [2.45, 2.75) is 27.2 Å². The number of benzene rings is 1. The van der Waals surface area contributed by atoms with E-state index >= 15 is 0 Å². The Kier molecular flexibility index (Phi) is 6.93. The minimum Gasteiger partial charge on any atom is -0.490 e. The molecule has 1 aromatic rings. The van der Waals surface area contributed by atoms with E-state index in [4.69, 9.17) is 21.1 Å². The largest absolute Gasteiger partial charge is 0.490 e. The fourth-order valence-electron chi connectivity index (χ4n) is 2.71. The Morgan fingerprint density at radius 2 is 1.72 bits per heavy atom. The summed E-state index contributed by atoms with van der Waals surface area (Å²) in [6, 6.07) is 3.30. The lowest BCUT2D eigenvalue weighted by molar-refractivity contribution is -0.130. The van der Waals surface area contributed by atoms with Gasteiger partial charge in [-0.25, -0.2) is 0 Å². The van der Waals surface area contributed by atoms with Gasteiger partial charge in [0, 0.05) is 38.7 Å². The molecule has 1 aromatic carbocycles. The van der Waals surface area contributed by atoms with Gasteiger partial charge in [-0.2, -0.15) is 0 Å². The minimum absolute atomic E-state index is 0.0335. The van der Waals surface area contributed by atoms with Gasteiger partial charge in [0.25, 0.3) is 5.91 Å². The zero-order valence-electron chi connectivity index (χ0n) is 15.0. The molecule has 0 spiro atoms. The maximum absolute atomic E-state index is 12.8. The third kappa shape index (κ3) is 4.78. The van der Waals surface area contributed by atoms with Crippen molar-refractivity contribution in [3.8, 4) is 11.5 Å². The standard InChI is InChI=1S/C18H25ClN2O4/c1-4-10-25-17-15(19)11-14(12-16(17)24-5-2)18(23)21-8-6-20(7-9-21)13(3)22/h11-12H,4-10H2,1-3H3. The van der Waals surface area contributed by atoms with E-state index in [0.717, 1.165) is 6.42 Å². The molecule has 1 heterocycles. The average Bonchev–Trinajstić information content (AvgIpc) is 2.60. The fourth-order valence-corrected chi connectivity index (χ4v) is 2.97. The lowest BCUT2D eigenvalue weighted by Gasteiger charge is -2.34. The monoisotopic (exact) mass is 368 g/mol. The molecule has 0 saturated carbocycles. The highest BCUT2D eigenvalue weighted by molar-refractivity contribution is 6.32. The summed E-state index contributed by atoms with van der Waals surface area (Å²) in [5.41, 5.74) is 0.466. The van der Waals surface area contributed by atoms with Crippen LogP contribution in [0.25, 0.3) is 0 Å². The van der Waals surface area contributed by atoms with E-state index < -0.39 is 0 Å². The number of rotatable bonds is 6. The molecule has 2 rings (SSSR count). The number of piperazine rings is 1.